The molecule has 0 spiro atoms. The van der Waals surface area contributed by atoms with Crippen LogP contribution in [0.15, 0.2) is 24.3 Å². The first kappa shape index (κ1) is 12.7. The summed E-state index contributed by atoms with van der Waals surface area (Å²) in [6.45, 7) is 4.04. The fourth-order valence-electron chi connectivity index (χ4n) is 2.47. The van der Waals surface area contributed by atoms with Gasteiger partial charge in [-0.05, 0) is 25.5 Å². The van der Waals surface area contributed by atoms with Crippen molar-refractivity contribution in [1.82, 2.24) is 0 Å². The molecule has 0 saturated carbocycles. The highest BCUT2D eigenvalue weighted by molar-refractivity contribution is 5.73. The summed E-state index contributed by atoms with van der Waals surface area (Å²) < 4.78 is 0. The SMILES string of the molecule is CC(CCC(=O)O)N1CCN(C)c2ccccc21. The van der Waals surface area contributed by atoms with Gasteiger partial charge in [-0.3, -0.25) is 4.79 Å². The lowest BCUT2D eigenvalue weighted by Gasteiger charge is -2.40. The van der Waals surface area contributed by atoms with Gasteiger partial charge < -0.3 is 14.9 Å². The van der Waals surface area contributed by atoms with Crippen LogP contribution in [0.4, 0.5) is 11.4 Å². The van der Waals surface area contributed by atoms with E-state index in [9.17, 15) is 4.79 Å². The molecule has 4 heteroatoms. The van der Waals surface area contributed by atoms with Gasteiger partial charge in [-0.15, -0.1) is 0 Å². The van der Waals surface area contributed by atoms with Crippen LogP contribution < -0.4 is 9.80 Å². The van der Waals surface area contributed by atoms with Crippen LogP contribution in [0.5, 0.6) is 0 Å². The van der Waals surface area contributed by atoms with Crippen molar-refractivity contribution < 1.29 is 9.90 Å². The zero-order chi connectivity index (χ0) is 13.1. The van der Waals surface area contributed by atoms with Crippen molar-refractivity contribution in [2.75, 3.05) is 29.9 Å². The monoisotopic (exact) mass is 248 g/mol. The first-order chi connectivity index (χ1) is 8.59. The van der Waals surface area contributed by atoms with Crippen LogP contribution in [-0.2, 0) is 4.79 Å². The Morgan fingerprint density at radius 2 is 2.00 bits per heavy atom. The molecule has 4 nitrogen and oxygen atoms in total. The van der Waals surface area contributed by atoms with E-state index in [0.717, 1.165) is 13.1 Å². The van der Waals surface area contributed by atoms with Crippen LogP contribution in [0.2, 0.25) is 0 Å². The molecule has 0 amide bonds. The van der Waals surface area contributed by atoms with Gasteiger partial charge in [0.1, 0.15) is 0 Å². The van der Waals surface area contributed by atoms with E-state index in [1.165, 1.54) is 11.4 Å². The summed E-state index contributed by atoms with van der Waals surface area (Å²) in [7, 11) is 2.10. The minimum Gasteiger partial charge on any atom is -0.481 e. The van der Waals surface area contributed by atoms with E-state index in [-0.39, 0.29) is 12.5 Å². The highest BCUT2D eigenvalue weighted by Gasteiger charge is 2.23. The topological polar surface area (TPSA) is 43.8 Å². The maximum atomic E-state index is 10.7. The first-order valence-corrected chi connectivity index (χ1v) is 6.38. The van der Waals surface area contributed by atoms with E-state index >= 15 is 0 Å². The second-order valence-electron chi connectivity index (χ2n) is 4.89. The summed E-state index contributed by atoms with van der Waals surface area (Å²) in [5.41, 5.74) is 2.44. The standard InChI is InChI=1S/C14H20N2O2/c1-11(7-8-14(17)18)16-10-9-15(2)12-5-3-4-6-13(12)16/h3-6,11H,7-10H2,1-2H3,(H,17,18). The van der Waals surface area contributed by atoms with Crippen LogP contribution in [0.1, 0.15) is 19.8 Å². The zero-order valence-electron chi connectivity index (χ0n) is 11.0. The molecule has 0 radical (unpaired) electrons. The van der Waals surface area contributed by atoms with Crippen LogP contribution in [-0.4, -0.2) is 37.3 Å². The molecule has 1 aliphatic rings. The van der Waals surface area contributed by atoms with Gasteiger partial charge in [0.2, 0.25) is 0 Å². The fourth-order valence-corrected chi connectivity index (χ4v) is 2.47. The van der Waals surface area contributed by atoms with E-state index in [1.807, 2.05) is 12.1 Å². The normalized spacial score (nSPS) is 16.3. The number of rotatable bonds is 4. The van der Waals surface area contributed by atoms with E-state index < -0.39 is 5.97 Å². The molecule has 0 bridgehead atoms. The largest absolute Gasteiger partial charge is 0.481 e. The van der Waals surface area contributed by atoms with Crippen molar-refractivity contribution in [3.8, 4) is 0 Å². The molecule has 1 aliphatic heterocycles. The Bertz CT molecular complexity index is 434. The Morgan fingerprint density at radius 1 is 1.33 bits per heavy atom. The predicted molar refractivity (Wildman–Crippen MR) is 73.4 cm³/mol. The van der Waals surface area contributed by atoms with E-state index in [0.29, 0.717) is 6.42 Å². The molecule has 1 N–H and O–H groups in total. The molecule has 98 valence electrons. The lowest BCUT2D eigenvalue weighted by molar-refractivity contribution is -0.137. The maximum Gasteiger partial charge on any atom is 0.303 e. The number of nitrogens with zero attached hydrogens (tertiary/aromatic N) is 2. The van der Waals surface area contributed by atoms with Crippen molar-refractivity contribution in [3.63, 3.8) is 0 Å². The minimum absolute atomic E-state index is 0.232. The molecule has 18 heavy (non-hydrogen) atoms. The third kappa shape index (κ3) is 2.58. The quantitative estimate of drug-likeness (QED) is 0.887. The number of aliphatic carboxylic acids is 1. The van der Waals surface area contributed by atoms with Gasteiger partial charge in [0.05, 0.1) is 11.4 Å². The van der Waals surface area contributed by atoms with Gasteiger partial charge in [-0.1, -0.05) is 12.1 Å². The molecule has 1 aromatic carbocycles. The van der Waals surface area contributed by atoms with E-state index in [1.54, 1.807) is 0 Å². The molecular formula is C14H20N2O2. The fraction of sp³-hybridized carbons (Fsp3) is 0.500. The Kier molecular flexibility index (Phi) is 3.75. The Labute approximate surface area is 108 Å². The smallest absolute Gasteiger partial charge is 0.303 e. The number of carboxylic acid groups (broad SMARTS) is 1. The number of benzene rings is 1. The van der Waals surface area contributed by atoms with Crippen molar-refractivity contribution in [3.05, 3.63) is 24.3 Å². The number of likely N-dealkylation sites (N-methyl/N-ethyl adjacent to an activating group) is 1. The predicted octanol–water partition coefficient (Wildman–Crippen LogP) is 2.20. The van der Waals surface area contributed by atoms with Crippen molar-refractivity contribution in [2.45, 2.75) is 25.8 Å². The van der Waals surface area contributed by atoms with Crippen molar-refractivity contribution in [2.24, 2.45) is 0 Å². The van der Waals surface area contributed by atoms with Crippen LogP contribution in [0.25, 0.3) is 0 Å². The third-order valence-corrected chi connectivity index (χ3v) is 3.59. The molecule has 0 aromatic heterocycles. The van der Waals surface area contributed by atoms with Crippen LogP contribution in [0, 0.1) is 0 Å². The number of anilines is 2. The molecular weight excluding hydrogens is 228 g/mol. The highest BCUT2D eigenvalue weighted by atomic mass is 16.4. The number of hydrogen-bond donors (Lipinski definition) is 1. The summed E-state index contributed by atoms with van der Waals surface area (Å²) in [4.78, 5) is 15.2. The van der Waals surface area contributed by atoms with E-state index in [2.05, 4.69) is 35.9 Å². The summed E-state index contributed by atoms with van der Waals surface area (Å²) >= 11 is 0. The average Bonchev–Trinajstić information content (AvgIpc) is 2.37. The molecule has 0 saturated heterocycles. The summed E-state index contributed by atoms with van der Waals surface area (Å²) in [6, 6.07) is 8.57. The molecule has 0 aliphatic carbocycles. The molecule has 0 fully saturated rings. The molecule has 1 atom stereocenters. The zero-order valence-corrected chi connectivity index (χ0v) is 11.0. The van der Waals surface area contributed by atoms with Crippen LogP contribution in [0.3, 0.4) is 0 Å². The van der Waals surface area contributed by atoms with Gasteiger partial charge in [0.25, 0.3) is 0 Å². The maximum absolute atomic E-state index is 10.7. The molecule has 1 heterocycles. The van der Waals surface area contributed by atoms with E-state index in [4.69, 9.17) is 5.11 Å². The van der Waals surface area contributed by atoms with Crippen molar-refractivity contribution in [1.29, 1.82) is 0 Å². The molecule has 2 rings (SSSR count). The molecule has 1 aromatic rings. The highest BCUT2D eigenvalue weighted by Crippen LogP contribution is 2.33. The Hall–Kier alpha value is -1.71. The first-order valence-electron chi connectivity index (χ1n) is 6.38. The van der Waals surface area contributed by atoms with Gasteiger partial charge in [0, 0.05) is 32.6 Å². The van der Waals surface area contributed by atoms with Gasteiger partial charge in [-0.2, -0.15) is 0 Å². The van der Waals surface area contributed by atoms with Gasteiger partial charge in [0.15, 0.2) is 0 Å². The summed E-state index contributed by atoms with van der Waals surface area (Å²) in [5, 5.41) is 8.77. The lowest BCUT2D eigenvalue weighted by Crippen LogP contribution is -2.44. The molecule has 1 unspecified atom stereocenters. The third-order valence-electron chi connectivity index (χ3n) is 3.59. The lowest BCUT2D eigenvalue weighted by atomic mass is 10.1. The second-order valence-corrected chi connectivity index (χ2v) is 4.89. The number of para-hydroxylation sites is 2. The summed E-state index contributed by atoms with van der Waals surface area (Å²) in [6.07, 6.45) is 0.920. The minimum atomic E-state index is -0.718. The number of fused-ring (bicyclic) bond motifs is 1. The van der Waals surface area contributed by atoms with Crippen LogP contribution >= 0.6 is 0 Å². The Balaban J connectivity index is 2.15. The Morgan fingerprint density at radius 3 is 2.67 bits per heavy atom. The van der Waals surface area contributed by atoms with Gasteiger partial charge in [-0.25, -0.2) is 0 Å². The summed E-state index contributed by atoms with van der Waals surface area (Å²) in [5.74, 6) is -0.718. The second kappa shape index (κ2) is 5.29. The average molecular weight is 248 g/mol. The number of carboxylic acids is 1. The number of carbonyl (C=O) groups is 1. The van der Waals surface area contributed by atoms with Crippen molar-refractivity contribution >= 4 is 17.3 Å². The van der Waals surface area contributed by atoms with Gasteiger partial charge >= 0.3 is 5.97 Å². The number of hydrogen-bond acceptors (Lipinski definition) is 3.